The first-order valence-corrected chi connectivity index (χ1v) is 5.76. The maximum absolute atomic E-state index is 10.4. The van der Waals surface area contributed by atoms with Gasteiger partial charge in [0.05, 0.1) is 0 Å². The summed E-state index contributed by atoms with van der Waals surface area (Å²) in [4.78, 5) is 13.0. The van der Waals surface area contributed by atoms with Crippen LogP contribution in [-0.4, -0.2) is 49.2 Å². The molecule has 2 fully saturated rings. The van der Waals surface area contributed by atoms with Gasteiger partial charge in [0.25, 0.3) is 0 Å². The lowest BCUT2D eigenvalue weighted by Crippen LogP contribution is -2.40. The molecule has 1 heterocycles. The third-order valence-corrected chi connectivity index (χ3v) is 3.14. The van der Waals surface area contributed by atoms with Crippen molar-refractivity contribution in [3.8, 4) is 0 Å². The van der Waals surface area contributed by atoms with Crippen molar-refractivity contribution in [3.05, 3.63) is 0 Å². The first kappa shape index (κ1) is 10.7. The highest BCUT2D eigenvalue weighted by Gasteiger charge is 2.33. The molecule has 1 atom stereocenters. The fourth-order valence-electron chi connectivity index (χ4n) is 2.19. The summed E-state index contributed by atoms with van der Waals surface area (Å²) in [7, 11) is 0. The maximum Gasteiger partial charge on any atom is 0.312 e. The number of amides is 2. The number of urea groups is 1. The second-order valence-electron chi connectivity index (χ2n) is 4.46. The zero-order chi connectivity index (χ0) is 10.7. The molecule has 15 heavy (non-hydrogen) atoms. The van der Waals surface area contributed by atoms with Gasteiger partial charge in [0.1, 0.15) is 0 Å². The molecule has 5 nitrogen and oxygen atoms in total. The lowest BCUT2D eigenvalue weighted by molar-refractivity contribution is 0.248. The molecule has 1 saturated carbocycles. The number of hydrogen-bond acceptors (Lipinski definition) is 3. The van der Waals surface area contributed by atoms with Gasteiger partial charge in [-0.2, -0.15) is 0 Å². The highest BCUT2D eigenvalue weighted by Crippen LogP contribution is 2.29. The predicted octanol–water partition coefficient (Wildman–Crippen LogP) is -0.519. The molecule has 4 N–H and O–H groups in total. The van der Waals surface area contributed by atoms with Crippen LogP contribution >= 0.6 is 0 Å². The fraction of sp³-hybridized carbons (Fsp3) is 0.900. The number of carbonyl (C=O) groups is 1. The fourth-order valence-corrected chi connectivity index (χ4v) is 2.19. The smallest absolute Gasteiger partial charge is 0.312 e. The molecule has 5 heteroatoms. The monoisotopic (exact) mass is 212 g/mol. The Balaban J connectivity index is 1.54. The second kappa shape index (κ2) is 4.81. The van der Waals surface area contributed by atoms with Crippen LogP contribution in [0.3, 0.4) is 0 Å². The summed E-state index contributed by atoms with van der Waals surface area (Å²) in [6, 6.07) is 1.03. The van der Waals surface area contributed by atoms with Crippen LogP contribution < -0.4 is 16.4 Å². The summed E-state index contributed by atoms with van der Waals surface area (Å²) in [5.74, 6) is 0. The Hall–Kier alpha value is -0.810. The number of nitrogens with two attached hydrogens (primary N) is 1. The standard InChI is InChI=1S/C10H20N4O/c11-10(15)13-5-4-12-8-3-6-14(7-8)9-1-2-9/h8-9,12H,1-7H2,(H3,11,13,15). The van der Waals surface area contributed by atoms with E-state index in [9.17, 15) is 4.79 Å². The lowest BCUT2D eigenvalue weighted by atomic mass is 10.2. The van der Waals surface area contributed by atoms with Crippen LogP contribution in [0.15, 0.2) is 0 Å². The normalized spacial score (nSPS) is 26.8. The van der Waals surface area contributed by atoms with Crippen LogP contribution in [0.5, 0.6) is 0 Å². The summed E-state index contributed by atoms with van der Waals surface area (Å²) in [6.45, 7) is 3.83. The molecule has 2 aliphatic rings. The average Bonchev–Trinajstić information content (AvgIpc) is 2.94. The highest BCUT2D eigenvalue weighted by atomic mass is 16.2. The Morgan fingerprint density at radius 1 is 1.33 bits per heavy atom. The van der Waals surface area contributed by atoms with Crippen LogP contribution in [-0.2, 0) is 0 Å². The minimum absolute atomic E-state index is 0.442. The van der Waals surface area contributed by atoms with Gasteiger partial charge in [0, 0.05) is 38.3 Å². The molecule has 1 unspecified atom stereocenters. The average molecular weight is 212 g/mol. The largest absolute Gasteiger partial charge is 0.352 e. The third kappa shape index (κ3) is 3.35. The van der Waals surface area contributed by atoms with Crippen molar-refractivity contribution >= 4 is 6.03 Å². The SMILES string of the molecule is NC(=O)NCCNC1CCN(C2CC2)C1. The van der Waals surface area contributed by atoms with E-state index in [1.165, 1.54) is 32.4 Å². The summed E-state index contributed by atoms with van der Waals surface area (Å²) in [5, 5.41) is 6.02. The number of rotatable bonds is 5. The predicted molar refractivity (Wildman–Crippen MR) is 58.6 cm³/mol. The molecule has 86 valence electrons. The quantitative estimate of drug-likeness (QED) is 0.537. The zero-order valence-electron chi connectivity index (χ0n) is 9.04. The molecular formula is C10H20N4O. The van der Waals surface area contributed by atoms with Crippen LogP contribution in [0.2, 0.25) is 0 Å². The van der Waals surface area contributed by atoms with Crippen molar-refractivity contribution in [2.24, 2.45) is 5.73 Å². The van der Waals surface area contributed by atoms with Gasteiger partial charge >= 0.3 is 6.03 Å². The Labute approximate surface area is 90.4 Å². The topological polar surface area (TPSA) is 70.4 Å². The number of nitrogens with one attached hydrogen (secondary N) is 2. The summed E-state index contributed by atoms with van der Waals surface area (Å²) >= 11 is 0. The minimum atomic E-state index is -0.442. The van der Waals surface area contributed by atoms with Gasteiger partial charge in [0.15, 0.2) is 0 Å². The molecule has 0 radical (unpaired) electrons. The van der Waals surface area contributed by atoms with Gasteiger partial charge in [-0.15, -0.1) is 0 Å². The van der Waals surface area contributed by atoms with E-state index in [0.29, 0.717) is 12.6 Å². The van der Waals surface area contributed by atoms with Gasteiger partial charge < -0.3 is 16.4 Å². The molecule has 1 saturated heterocycles. The van der Waals surface area contributed by atoms with Gasteiger partial charge in [-0.25, -0.2) is 4.79 Å². The van der Waals surface area contributed by atoms with E-state index in [1.807, 2.05) is 0 Å². The van der Waals surface area contributed by atoms with Crippen LogP contribution in [0.1, 0.15) is 19.3 Å². The number of likely N-dealkylation sites (tertiary alicyclic amines) is 1. The number of primary amides is 1. The van der Waals surface area contributed by atoms with Gasteiger partial charge in [-0.3, -0.25) is 4.90 Å². The molecule has 0 aromatic carbocycles. The van der Waals surface area contributed by atoms with E-state index in [2.05, 4.69) is 15.5 Å². The molecule has 0 aromatic heterocycles. The van der Waals surface area contributed by atoms with Gasteiger partial charge in [-0.05, 0) is 19.3 Å². The molecule has 0 aromatic rings. The van der Waals surface area contributed by atoms with Crippen LogP contribution in [0, 0.1) is 0 Å². The van der Waals surface area contributed by atoms with E-state index in [1.54, 1.807) is 0 Å². The van der Waals surface area contributed by atoms with E-state index < -0.39 is 6.03 Å². The third-order valence-electron chi connectivity index (χ3n) is 3.14. The lowest BCUT2D eigenvalue weighted by Gasteiger charge is -2.15. The second-order valence-corrected chi connectivity index (χ2v) is 4.46. The first-order valence-electron chi connectivity index (χ1n) is 5.76. The Kier molecular flexibility index (Phi) is 3.43. The molecule has 1 aliphatic carbocycles. The van der Waals surface area contributed by atoms with Crippen LogP contribution in [0.25, 0.3) is 0 Å². The van der Waals surface area contributed by atoms with Crippen molar-refractivity contribution in [3.63, 3.8) is 0 Å². The number of hydrogen-bond donors (Lipinski definition) is 3. The van der Waals surface area contributed by atoms with E-state index in [0.717, 1.165) is 12.6 Å². The molecule has 0 bridgehead atoms. The molecule has 1 aliphatic heterocycles. The van der Waals surface area contributed by atoms with E-state index in [4.69, 9.17) is 5.73 Å². The highest BCUT2D eigenvalue weighted by molar-refractivity contribution is 5.71. The first-order chi connectivity index (χ1) is 7.25. The minimum Gasteiger partial charge on any atom is -0.352 e. The number of nitrogens with zero attached hydrogens (tertiary/aromatic N) is 1. The van der Waals surface area contributed by atoms with Gasteiger partial charge in [-0.1, -0.05) is 0 Å². The Morgan fingerprint density at radius 2 is 2.13 bits per heavy atom. The van der Waals surface area contributed by atoms with E-state index in [-0.39, 0.29) is 0 Å². The Bertz CT molecular complexity index is 229. The van der Waals surface area contributed by atoms with Gasteiger partial charge in [0.2, 0.25) is 0 Å². The molecule has 0 spiro atoms. The van der Waals surface area contributed by atoms with Crippen molar-refractivity contribution in [2.45, 2.75) is 31.3 Å². The van der Waals surface area contributed by atoms with Crippen molar-refractivity contribution in [2.75, 3.05) is 26.2 Å². The molecular weight excluding hydrogens is 192 g/mol. The summed E-state index contributed by atoms with van der Waals surface area (Å²) in [6.07, 6.45) is 4.00. The van der Waals surface area contributed by atoms with Crippen molar-refractivity contribution in [1.82, 2.24) is 15.5 Å². The van der Waals surface area contributed by atoms with Crippen molar-refractivity contribution < 1.29 is 4.79 Å². The summed E-state index contributed by atoms with van der Waals surface area (Å²) in [5.41, 5.74) is 4.97. The Morgan fingerprint density at radius 3 is 2.80 bits per heavy atom. The van der Waals surface area contributed by atoms with Crippen molar-refractivity contribution in [1.29, 1.82) is 0 Å². The van der Waals surface area contributed by atoms with Crippen LogP contribution in [0.4, 0.5) is 4.79 Å². The molecule has 2 amide bonds. The molecule has 2 rings (SSSR count). The maximum atomic E-state index is 10.4. The van der Waals surface area contributed by atoms with E-state index >= 15 is 0 Å². The summed E-state index contributed by atoms with van der Waals surface area (Å²) < 4.78 is 0. The number of carbonyl (C=O) groups excluding carboxylic acids is 1. The zero-order valence-corrected chi connectivity index (χ0v) is 9.04.